The largest absolute Gasteiger partial charge is 0.416 e. The number of aryl methyl sites for hydroxylation is 1. The Balaban J connectivity index is 2.00. The first-order chi connectivity index (χ1) is 19.1. The molecule has 0 heterocycles. The molecule has 0 aliphatic heterocycles. The topological polar surface area (TPSA) is 0 Å². The molecular weight excluding hydrogens is 546 g/mol. The van der Waals surface area contributed by atoms with Gasteiger partial charge in [-0.15, -0.1) is 0 Å². The average Bonchev–Trinajstić information content (AvgIpc) is 3.16. The Kier molecular flexibility index (Phi) is 6.70. The molecule has 224 valence electrons. The first-order valence-electron chi connectivity index (χ1n) is 14.4. The Morgan fingerprint density at radius 3 is 2.10 bits per heavy atom. The van der Waals surface area contributed by atoms with Crippen molar-refractivity contribution >= 4 is 5.57 Å². The lowest BCUT2D eigenvalue weighted by Crippen LogP contribution is -2.35. The third-order valence-corrected chi connectivity index (χ3v) is 10.4. The van der Waals surface area contributed by atoms with Gasteiger partial charge in [0.25, 0.3) is 0 Å². The van der Waals surface area contributed by atoms with E-state index in [0.29, 0.717) is 34.2 Å². The first kappa shape index (κ1) is 30.4. The van der Waals surface area contributed by atoms with E-state index in [1.165, 1.54) is 0 Å². The molecule has 0 radical (unpaired) electrons. The highest BCUT2D eigenvalue weighted by molar-refractivity contribution is 5.92. The van der Waals surface area contributed by atoms with Gasteiger partial charge in [-0.3, -0.25) is 0 Å². The molecule has 0 N–H and O–H groups in total. The fourth-order valence-electron chi connectivity index (χ4n) is 7.21. The first-order valence-corrected chi connectivity index (χ1v) is 14.4. The summed E-state index contributed by atoms with van der Waals surface area (Å²) >= 11 is 0. The molecule has 3 aliphatic rings. The highest BCUT2D eigenvalue weighted by Gasteiger charge is 2.53. The SMILES string of the molecule is C=C1/C=C(/C(F)(F)F)C(C)C(C)(C)c2ccc3c(c2)C1(c1cc(C(F)(F)F)cc(C)c1C)C1=C3C=CC(C(C)(C)C)C1. The molecule has 2 aromatic carbocycles. The smallest absolute Gasteiger partial charge is 0.166 e. The summed E-state index contributed by atoms with van der Waals surface area (Å²) in [5, 5.41) is 0. The van der Waals surface area contributed by atoms with Crippen molar-refractivity contribution in [2.75, 3.05) is 0 Å². The Hall–Kier alpha value is -3.02. The number of halogens is 6. The average molecular weight is 585 g/mol. The van der Waals surface area contributed by atoms with Gasteiger partial charge in [0.05, 0.1) is 11.0 Å². The molecule has 0 spiro atoms. The summed E-state index contributed by atoms with van der Waals surface area (Å²) in [7, 11) is 0. The van der Waals surface area contributed by atoms with Gasteiger partial charge >= 0.3 is 12.4 Å². The summed E-state index contributed by atoms with van der Waals surface area (Å²) in [6.07, 6.45) is -3.51. The van der Waals surface area contributed by atoms with Gasteiger partial charge < -0.3 is 0 Å². The number of allylic oxidation sites excluding steroid dienone is 7. The summed E-state index contributed by atoms with van der Waals surface area (Å²) in [6.45, 7) is 19.2. The van der Waals surface area contributed by atoms with Crippen molar-refractivity contribution in [2.24, 2.45) is 17.3 Å². The lowest BCUT2D eigenvalue weighted by Gasteiger charge is -2.41. The van der Waals surface area contributed by atoms with Gasteiger partial charge in [0.2, 0.25) is 0 Å². The zero-order valence-electron chi connectivity index (χ0n) is 25.5. The van der Waals surface area contributed by atoms with Crippen LogP contribution in [0.1, 0.15) is 86.9 Å². The van der Waals surface area contributed by atoms with Crippen molar-refractivity contribution in [2.45, 2.75) is 85.0 Å². The number of hydrogen-bond acceptors (Lipinski definition) is 0. The van der Waals surface area contributed by atoms with Crippen molar-refractivity contribution in [3.05, 3.63) is 111 Å². The van der Waals surface area contributed by atoms with Gasteiger partial charge in [-0.1, -0.05) is 78.5 Å². The Morgan fingerprint density at radius 1 is 0.881 bits per heavy atom. The van der Waals surface area contributed by atoms with Gasteiger partial charge in [0.15, 0.2) is 0 Å². The fraction of sp³-hybridized carbons (Fsp3) is 0.444. The van der Waals surface area contributed by atoms with Gasteiger partial charge in [-0.2, -0.15) is 26.3 Å². The molecular formula is C36H38F6. The van der Waals surface area contributed by atoms with Crippen molar-refractivity contribution < 1.29 is 26.3 Å². The second-order valence-corrected chi connectivity index (χ2v) is 14.0. The highest BCUT2D eigenvalue weighted by atomic mass is 19.4. The van der Waals surface area contributed by atoms with E-state index in [-0.39, 0.29) is 16.9 Å². The number of benzene rings is 2. The van der Waals surface area contributed by atoms with Crippen molar-refractivity contribution in [1.82, 2.24) is 0 Å². The van der Waals surface area contributed by atoms with Crippen molar-refractivity contribution in [1.29, 1.82) is 0 Å². The maximum atomic E-state index is 14.9. The van der Waals surface area contributed by atoms with Crippen molar-refractivity contribution in [3.63, 3.8) is 0 Å². The number of fused-ring (bicyclic) bond motifs is 3. The molecule has 3 unspecified atom stereocenters. The second-order valence-electron chi connectivity index (χ2n) is 14.0. The minimum absolute atomic E-state index is 0.0240. The van der Waals surface area contributed by atoms with E-state index in [1.54, 1.807) is 34.6 Å². The van der Waals surface area contributed by atoms with Crippen LogP contribution in [-0.2, 0) is 17.0 Å². The van der Waals surface area contributed by atoms with Crippen LogP contribution in [0.25, 0.3) is 5.57 Å². The summed E-state index contributed by atoms with van der Waals surface area (Å²) < 4.78 is 87.5. The minimum Gasteiger partial charge on any atom is -0.166 e. The van der Waals surface area contributed by atoms with Crippen LogP contribution in [0, 0.1) is 31.1 Å². The summed E-state index contributed by atoms with van der Waals surface area (Å²) in [4.78, 5) is 0. The molecule has 0 fully saturated rings. The number of hydrogen-bond donors (Lipinski definition) is 0. The van der Waals surface area contributed by atoms with Gasteiger partial charge in [-0.05, 0) is 111 Å². The standard InChI is InChI=1S/C36H38F6/c1-19-14-25(35(37,38)39)18-28(21(19)3)34-20(2)15-29(36(40,41)42)22(4)33(8,9)24-11-13-27(31(34)17-24)26-12-10-23(16-30(26)34)32(5,6)7/h10-15,17-18,22-23H,2,16H2,1,3-9H3/b29-15+. The summed E-state index contributed by atoms with van der Waals surface area (Å²) in [5.74, 6) is -0.912. The highest BCUT2D eigenvalue weighted by Crippen LogP contribution is 2.62. The van der Waals surface area contributed by atoms with Gasteiger partial charge in [-0.25, -0.2) is 0 Å². The van der Waals surface area contributed by atoms with E-state index in [1.807, 2.05) is 24.3 Å². The minimum atomic E-state index is -4.66. The van der Waals surface area contributed by atoms with E-state index in [2.05, 4.69) is 33.4 Å². The summed E-state index contributed by atoms with van der Waals surface area (Å²) in [6, 6.07) is 8.04. The fourth-order valence-corrected chi connectivity index (χ4v) is 7.21. The molecule has 42 heavy (non-hydrogen) atoms. The molecule has 2 bridgehead atoms. The van der Waals surface area contributed by atoms with E-state index in [4.69, 9.17) is 0 Å². The molecule has 0 amide bonds. The Bertz CT molecular complexity index is 1580. The molecule has 5 rings (SSSR count). The molecule has 0 saturated carbocycles. The molecule has 3 atom stereocenters. The molecule has 0 aromatic heterocycles. The van der Waals surface area contributed by atoms with Crippen LogP contribution in [0.15, 0.2) is 71.9 Å². The van der Waals surface area contributed by atoms with Crippen LogP contribution < -0.4 is 0 Å². The molecule has 2 aromatic rings. The quantitative estimate of drug-likeness (QED) is 0.293. The Morgan fingerprint density at radius 2 is 1.52 bits per heavy atom. The van der Waals surface area contributed by atoms with E-state index < -0.39 is 40.2 Å². The third kappa shape index (κ3) is 4.34. The lowest BCUT2D eigenvalue weighted by atomic mass is 9.61. The lowest BCUT2D eigenvalue weighted by molar-refractivity contribution is -0.137. The maximum absolute atomic E-state index is 14.9. The Labute approximate surface area is 244 Å². The van der Waals surface area contributed by atoms with Gasteiger partial charge in [0, 0.05) is 5.57 Å². The molecule has 0 saturated heterocycles. The van der Waals surface area contributed by atoms with Crippen LogP contribution in [-0.4, -0.2) is 6.18 Å². The number of alkyl halides is 6. The monoisotopic (exact) mass is 584 g/mol. The number of rotatable bonds is 1. The predicted octanol–water partition coefficient (Wildman–Crippen LogP) is 11.0. The van der Waals surface area contributed by atoms with Crippen molar-refractivity contribution in [3.8, 4) is 0 Å². The zero-order valence-corrected chi connectivity index (χ0v) is 25.5. The second kappa shape index (κ2) is 9.24. The van der Waals surface area contributed by atoms with E-state index in [9.17, 15) is 26.3 Å². The molecule has 3 aliphatic carbocycles. The van der Waals surface area contributed by atoms with E-state index in [0.717, 1.165) is 34.9 Å². The normalized spacial score (nSPS) is 26.8. The van der Waals surface area contributed by atoms with Crippen LogP contribution in [0.3, 0.4) is 0 Å². The molecule has 0 nitrogen and oxygen atoms in total. The maximum Gasteiger partial charge on any atom is 0.416 e. The van der Waals surface area contributed by atoms with Crippen LogP contribution in [0.4, 0.5) is 26.3 Å². The van der Waals surface area contributed by atoms with Crippen LogP contribution in [0.2, 0.25) is 0 Å². The van der Waals surface area contributed by atoms with Crippen LogP contribution >= 0.6 is 0 Å². The van der Waals surface area contributed by atoms with Crippen LogP contribution in [0.5, 0.6) is 0 Å². The predicted molar refractivity (Wildman–Crippen MR) is 157 cm³/mol. The molecule has 6 heteroatoms. The van der Waals surface area contributed by atoms with E-state index >= 15 is 0 Å². The third-order valence-electron chi connectivity index (χ3n) is 10.4. The van der Waals surface area contributed by atoms with Gasteiger partial charge in [0.1, 0.15) is 0 Å². The summed E-state index contributed by atoms with van der Waals surface area (Å²) in [5.41, 5.74) is 1.41. The zero-order chi connectivity index (χ0) is 31.4.